The van der Waals surface area contributed by atoms with Crippen molar-refractivity contribution in [3.05, 3.63) is 74.8 Å². The zero-order valence-corrected chi connectivity index (χ0v) is 14.4. The van der Waals surface area contributed by atoms with Gasteiger partial charge in [-0.25, -0.2) is 0 Å². The van der Waals surface area contributed by atoms with Gasteiger partial charge in [-0.1, -0.05) is 42.0 Å². The minimum Gasteiger partial charge on any atom is -0.490 e. The lowest BCUT2D eigenvalue weighted by atomic mass is 9.77. The molecule has 2 aromatic rings. The normalized spacial score (nSPS) is 23.5. The maximum atomic E-state index is 11.4. The number of hydrogen-bond acceptors (Lipinski definition) is 4. The summed E-state index contributed by atoms with van der Waals surface area (Å²) < 4.78 is 5.12. The van der Waals surface area contributed by atoms with Crippen molar-refractivity contribution in [2.75, 3.05) is 12.4 Å². The predicted molar refractivity (Wildman–Crippen MR) is 97.5 cm³/mol. The number of hydrogen-bond donors (Lipinski definition) is 1. The second kappa shape index (κ2) is 6.08. The van der Waals surface area contributed by atoms with Crippen molar-refractivity contribution in [1.29, 1.82) is 0 Å². The van der Waals surface area contributed by atoms with Crippen LogP contribution in [-0.2, 0) is 0 Å². The summed E-state index contributed by atoms with van der Waals surface area (Å²) in [5.74, 6) is 0.837. The largest absolute Gasteiger partial charge is 0.490 e. The van der Waals surface area contributed by atoms with Crippen LogP contribution >= 0.6 is 11.6 Å². The highest BCUT2D eigenvalue weighted by Crippen LogP contribution is 2.51. The number of nitrogens with zero attached hydrogens (tertiary/aromatic N) is 1. The van der Waals surface area contributed by atoms with E-state index in [1.165, 1.54) is 12.7 Å². The van der Waals surface area contributed by atoms with Gasteiger partial charge in [0.25, 0.3) is 0 Å². The van der Waals surface area contributed by atoms with Crippen molar-refractivity contribution in [1.82, 2.24) is 0 Å². The van der Waals surface area contributed by atoms with E-state index in [9.17, 15) is 10.1 Å². The van der Waals surface area contributed by atoms with E-state index in [0.717, 1.165) is 17.7 Å². The van der Waals surface area contributed by atoms with E-state index >= 15 is 0 Å². The SMILES string of the molecule is COc1ccc([C@@H]2Nc3c(Cl)cccc3[C@@H]3C=CC[C@@H]32)cc1[N+](=O)[O-]. The molecular weight excluding hydrogens is 340 g/mol. The third-order valence-electron chi connectivity index (χ3n) is 5.10. The third-order valence-corrected chi connectivity index (χ3v) is 5.42. The predicted octanol–water partition coefficient (Wildman–Crippen LogP) is 5.08. The van der Waals surface area contributed by atoms with E-state index in [-0.39, 0.29) is 23.4 Å². The molecule has 0 amide bonds. The molecule has 1 aliphatic carbocycles. The topological polar surface area (TPSA) is 64.4 Å². The maximum Gasteiger partial charge on any atom is 0.311 e. The number of rotatable bonds is 3. The Morgan fingerprint density at radius 1 is 1.32 bits per heavy atom. The Hall–Kier alpha value is -2.53. The van der Waals surface area contributed by atoms with Crippen LogP contribution in [0, 0.1) is 16.0 Å². The van der Waals surface area contributed by atoms with Crippen molar-refractivity contribution in [2.45, 2.75) is 18.4 Å². The summed E-state index contributed by atoms with van der Waals surface area (Å²) in [6.45, 7) is 0. The van der Waals surface area contributed by atoms with Crippen LogP contribution in [0.2, 0.25) is 5.02 Å². The summed E-state index contributed by atoms with van der Waals surface area (Å²) >= 11 is 6.40. The smallest absolute Gasteiger partial charge is 0.311 e. The molecule has 128 valence electrons. The van der Waals surface area contributed by atoms with Crippen LogP contribution in [0.25, 0.3) is 0 Å². The zero-order valence-electron chi connectivity index (χ0n) is 13.6. The Morgan fingerprint density at radius 2 is 2.16 bits per heavy atom. The van der Waals surface area contributed by atoms with E-state index in [4.69, 9.17) is 16.3 Å². The first-order chi connectivity index (χ1) is 12.1. The molecule has 0 aromatic heterocycles. The molecule has 1 heterocycles. The highest BCUT2D eigenvalue weighted by molar-refractivity contribution is 6.33. The molecule has 4 rings (SSSR count). The molecule has 5 nitrogen and oxygen atoms in total. The lowest BCUT2D eigenvalue weighted by molar-refractivity contribution is -0.385. The Kier molecular flexibility index (Phi) is 3.88. The van der Waals surface area contributed by atoms with E-state index in [1.54, 1.807) is 12.1 Å². The van der Waals surface area contributed by atoms with Crippen LogP contribution in [-0.4, -0.2) is 12.0 Å². The van der Waals surface area contributed by atoms with Crippen LogP contribution in [0.5, 0.6) is 5.75 Å². The van der Waals surface area contributed by atoms with Gasteiger partial charge in [0, 0.05) is 12.0 Å². The third kappa shape index (κ3) is 2.55. The molecule has 0 unspecified atom stereocenters. The molecule has 0 radical (unpaired) electrons. The van der Waals surface area contributed by atoms with E-state index in [0.29, 0.717) is 10.9 Å². The average molecular weight is 357 g/mol. The van der Waals surface area contributed by atoms with E-state index in [2.05, 4.69) is 23.5 Å². The van der Waals surface area contributed by atoms with Gasteiger partial charge in [-0.15, -0.1) is 0 Å². The summed E-state index contributed by atoms with van der Waals surface area (Å²) in [6, 6.07) is 11.0. The molecule has 1 N–H and O–H groups in total. The van der Waals surface area contributed by atoms with Crippen LogP contribution in [0.3, 0.4) is 0 Å². The van der Waals surface area contributed by atoms with Crippen molar-refractivity contribution < 1.29 is 9.66 Å². The van der Waals surface area contributed by atoms with E-state index < -0.39 is 4.92 Å². The van der Waals surface area contributed by atoms with Crippen molar-refractivity contribution >= 4 is 23.0 Å². The molecule has 3 atom stereocenters. The van der Waals surface area contributed by atoms with Crippen molar-refractivity contribution in [3.8, 4) is 5.75 Å². The summed E-state index contributed by atoms with van der Waals surface area (Å²) in [7, 11) is 1.44. The lowest BCUT2D eigenvalue weighted by Gasteiger charge is -2.37. The first kappa shape index (κ1) is 16.0. The minimum absolute atomic E-state index is 0.0192. The molecule has 0 saturated carbocycles. The molecule has 25 heavy (non-hydrogen) atoms. The summed E-state index contributed by atoms with van der Waals surface area (Å²) in [5.41, 5.74) is 2.96. The van der Waals surface area contributed by atoms with Gasteiger partial charge in [0.15, 0.2) is 5.75 Å². The standard InChI is InChI=1S/C19H17ClN2O3/c1-25-17-9-8-11(10-16(17)22(23)24)18-13-5-2-4-12(13)14-6-3-7-15(20)19(14)21-18/h2-4,6-10,12-13,18,21H,5H2,1H3/t12-,13+,18+/m1/s1. The Balaban J connectivity index is 1.80. The second-order valence-electron chi connectivity index (χ2n) is 6.37. The molecule has 6 heteroatoms. The van der Waals surface area contributed by atoms with Gasteiger partial charge in [0.1, 0.15) is 0 Å². The maximum absolute atomic E-state index is 11.4. The number of fused-ring (bicyclic) bond motifs is 3. The highest BCUT2D eigenvalue weighted by Gasteiger charge is 2.39. The number of halogens is 1. The first-order valence-corrected chi connectivity index (χ1v) is 8.52. The van der Waals surface area contributed by atoms with Crippen molar-refractivity contribution in [2.24, 2.45) is 5.92 Å². The van der Waals surface area contributed by atoms with E-state index in [1.807, 2.05) is 18.2 Å². The highest BCUT2D eigenvalue weighted by atomic mass is 35.5. The Morgan fingerprint density at radius 3 is 2.92 bits per heavy atom. The molecule has 0 spiro atoms. The number of methoxy groups -OCH3 is 1. The van der Waals surface area contributed by atoms with Crippen LogP contribution in [0.1, 0.15) is 29.5 Å². The quantitative estimate of drug-likeness (QED) is 0.473. The fraction of sp³-hybridized carbons (Fsp3) is 0.263. The fourth-order valence-corrected chi connectivity index (χ4v) is 4.19. The number of benzene rings is 2. The van der Waals surface area contributed by atoms with Gasteiger partial charge < -0.3 is 10.1 Å². The molecule has 1 aliphatic heterocycles. The lowest BCUT2D eigenvalue weighted by Crippen LogP contribution is -2.29. The summed E-state index contributed by atoms with van der Waals surface area (Å²) in [4.78, 5) is 11.0. The number of nitro benzene ring substituents is 1. The number of nitro groups is 1. The first-order valence-electron chi connectivity index (χ1n) is 8.14. The fourth-order valence-electron chi connectivity index (χ4n) is 3.96. The van der Waals surface area contributed by atoms with Gasteiger partial charge >= 0.3 is 5.69 Å². The Bertz CT molecular complexity index is 881. The number of nitrogens with one attached hydrogen (secondary N) is 1. The van der Waals surface area contributed by atoms with Gasteiger partial charge in [-0.3, -0.25) is 10.1 Å². The van der Waals surface area contributed by atoms with Crippen LogP contribution in [0.4, 0.5) is 11.4 Å². The summed E-state index contributed by atoms with van der Waals surface area (Å²) in [5, 5.41) is 15.6. The number of anilines is 1. The van der Waals surface area contributed by atoms with Crippen LogP contribution < -0.4 is 10.1 Å². The van der Waals surface area contributed by atoms with Crippen LogP contribution in [0.15, 0.2) is 48.6 Å². The molecule has 2 aromatic carbocycles. The average Bonchev–Trinajstić information content (AvgIpc) is 3.11. The summed E-state index contributed by atoms with van der Waals surface area (Å²) in [6.07, 6.45) is 5.32. The Labute approximate surface area is 150 Å². The number of allylic oxidation sites excluding steroid dienone is 2. The second-order valence-corrected chi connectivity index (χ2v) is 6.78. The van der Waals surface area contributed by atoms with Crippen molar-refractivity contribution in [3.63, 3.8) is 0 Å². The molecule has 0 bridgehead atoms. The van der Waals surface area contributed by atoms with Gasteiger partial charge in [-0.2, -0.15) is 0 Å². The van der Waals surface area contributed by atoms with Gasteiger partial charge in [-0.05, 0) is 35.6 Å². The number of ether oxygens (including phenoxy) is 1. The monoisotopic (exact) mass is 356 g/mol. The zero-order chi connectivity index (χ0) is 17.6. The molecule has 2 aliphatic rings. The molecule has 0 saturated heterocycles. The number of para-hydroxylation sites is 1. The minimum atomic E-state index is -0.406. The molecule has 0 fully saturated rings. The molecular formula is C19H17ClN2O3. The van der Waals surface area contributed by atoms with Gasteiger partial charge in [0.05, 0.1) is 28.8 Å². The van der Waals surface area contributed by atoms with Gasteiger partial charge in [0.2, 0.25) is 0 Å².